The smallest absolute Gasteiger partial charge is 0.232 e. The molecule has 0 spiro atoms. The van der Waals surface area contributed by atoms with E-state index < -0.39 is 0 Å². The first-order valence-electron chi connectivity index (χ1n) is 9.58. The fraction of sp³-hybridized carbons (Fsp3) is 0.632. The van der Waals surface area contributed by atoms with Gasteiger partial charge in [0, 0.05) is 25.3 Å². The van der Waals surface area contributed by atoms with Gasteiger partial charge in [-0.1, -0.05) is 19.3 Å². The highest BCUT2D eigenvalue weighted by molar-refractivity contribution is 7.99. The lowest BCUT2D eigenvalue weighted by Crippen LogP contribution is -2.41. The SMILES string of the molecule is O=C(CSCc1nc2cccnc2n1C1CCCCC1)N1CCOCC1. The molecule has 2 aromatic rings. The van der Waals surface area contributed by atoms with Gasteiger partial charge >= 0.3 is 0 Å². The largest absolute Gasteiger partial charge is 0.378 e. The van der Waals surface area contributed by atoms with Crippen molar-refractivity contribution in [3.8, 4) is 0 Å². The van der Waals surface area contributed by atoms with Gasteiger partial charge in [-0.2, -0.15) is 0 Å². The highest BCUT2D eigenvalue weighted by atomic mass is 32.2. The lowest BCUT2D eigenvalue weighted by Gasteiger charge is -2.27. The van der Waals surface area contributed by atoms with Gasteiger partial charge in [0.05, 0.1) is 24.7 Å². The third-order valence-electron chi connectivity index (χ3n) is 5.28. The summed E-state index contributed by atoms with van der Waals surface area (Å²) in [5.74, 6) is 2.52. The average Bonchev–Trinajstić information content (AvgIpc) is 3.07. The van der Waals surface area contributed by atoms with Gasteiger partial charge in [-0.05, 0) is 25.0 Å². The van der Waals surface area contributed by atoms with Gasteiger partial charge in [0.2, 0.25) is 5.91 Å². The third kappa shape index (κ3) is 3.88. The zero-order valence-electron chi connectivity index (χ0n) is 15.1. The zero-order chi connectivity index (χ0) is 17.8. The van der Waals surface area contributed by atoms with Crippen LogP contribution < -0.4 is 0 Å². The van der Waals surface area contributed by atoms with Gasteiger partial charge in [0.1, 0.15) is 11.3 Å². The summed E-state index contributed by atoms with van der Waals surface area (Å²) >= 11 is 1.66. The van der Waals surface area contributed by atoms with Gasteiger partial charge in [-0.25, -0.2) is 9.97 Å². The molecule has 7 heteroatoms. The number of carbonyl (C=O) groups excluding carboxylic acids is 1. The molecule has 0 bridgehead atoms. The Morgan fingerprint density at radius 1 is 1.23 bits per heavy atom. The molecular weight excluding hydrogens is 348 g/mol. The lowest BCUT2D eigenvalue weighted by molar-refractivity contribution is -0.132. The van der Waals surface area contributed by atoms with Gasteiger partial charge in [0.15, 0.2) is 5.65 Å². The maximum absolute atomic E-state index is 12.4. The molecule has 6 nitrogen and oxygen atoms in total. The Hall–Kier alpha value is -1.60. The molecule has 1 saturated carbocycles. The third-order valence-corrected chi connectivity index (χ3v) is 6.20. The summed E-state index contributed by atoms with van der Waals surface area (Å²) < 4.78 is 7.67. The molecule has 140 valence electrons. The van der Waals surface area contributed by atoms with Crippen molar-refractivity contribution in [3.05, 3.63) is 24.2 Å². The van der Waals surface area contributed by atoms with Crippen LogP contribution in [0.5, 0.6) is 0 Å². The summed E-state index contributed by atoms with van der Waals surface area (Å²) in [5.41, 5.74) is 1.96. The normalized spacial score (nSPS) is 19.2. The second-order valence-corrected chi connectivity index (χ2v) is 8.01. The van der Waals surface area contributed by atoms with Crippen molar-refractivity contribution in [2.45, 2.75) is 43.9 Å². The van der Waals surface area contributed by atoms with Crippen LogP contribution >= 0.6 is 11.8 Å². The first kappa shape index (κ1) is 17.8. The number of pyridine rings is 1. The van der Waals surface area contributed by atoms with Crippen molar-refractivity contribution in [2.75, 3.05) is 32.1 Å². The van der Waals surface area contributed by atoms with Crippen molar-refractivity contribution in [2.24, 2.45) is 0 Å². The van der Waals surface area contributed by atoms with E-state index in [2.05, 4.69) is 9.55 Å². The zero-order valence-corrected chi connectivity index (χ0v) is 15.9. The first-order valence-corrected chi connectivity index (χ1v) is 10.7. The van der Waals surface area contributed by atoms with Gasteiger partial charge < -0.3 is 14.2 Å². The number of carbonyl (C=O) groups is 1. The maximum atomic E-state index is 12.4. The molecular formula is C19H26N4O2S. The van der Waals surface area contributed by atoms with E-state index in [1.807, 2.05) is 23.2 Å². The number of imidazole rings is 1. The fourth-order valence-corrected chi connectivity index (χ4v) is 4.78. The number of fused-ring (bicyclic) bond motifs is 1. The average molecular weight is 375 g/mol. The summed E-state index contributed by atoms with van der Waals surface area (Å²) in [6.45, 7) is 2.73. The molecule has 26 heavy (non-hydrogen) atoms. The molecule has 0 N–H and O–H groups in total. The molecule has 3 heterocycles. The summed E-state index contributed by atoms with van der Waals surface area (Å²) in [6.07, 6.45) is 8.13. The maximum Gasteiger partial charge on any atom is 0.232 e. The van der Waals surface area contributed by atoms with Crippen LogP contribution in [0.25, 0.3) is 11.2 Å². The van der Waals surface area contributed by atoms with E-state index in [-0.39, 0.29) is 5.91 Å². The monoisotopic (exact) mass is 374 g/mol. The summed E-state index contributed by atoms with van der Waals surface area (Å²) in [6, 6.07) is 4.47. The second-order valence-electron chi connectivity index (χ2n) is 7.02. The molecule has 1 aliphatic heterocycles. The van der Waals surface area contributed by atoms with E-state index in [0.717, 1.165) is 22.7 Å². The number of thioether (sulfide) groups is 1. The molecule has 1 saturated heterocycles. The fourth-order valence-electron chi connectivity index (χ4n) is 3.93. The summed E-state index contributed by atoms with van der Waals surface area (Å²) in [4.78, 5) is 23.7. The Labute approximate surface area is 158 Å². The van der Waals surface area contributed by atoms with Crippen molar-refractivity contribution in [3.63, 3.8) is 0 Å². The van der Waals surface area contributed by atoms with E-state index >= 15 is 0 Å². The van der Waals surface area contributed by atoms with E-state index in [0.29, 0.717) is 38.1 Å². The predicted octanol–water partition coefficient (Wildman–Crippen LogP) is 3.03. The van der Waals surface area contributed by atoms with Crippen LogP contribution in [-0.2, 0) is 15.3 Å². The van der Waals surface area contributed by atoms with Crippen LogP contribution in [0.15, 0.2) is 18.3 Å². The van der Waals surface area contributed by atoms with Crippen LogP contribution in [0.2, 0.25) is 0 Å². The Kier molecular flexibility index (Phi) is 5.75. The lowest BCUT2D eigenvalue weighted by atomic mass is 9.95. The van der Waals surface area contributed by atoms with E-state index in [9.17, 15) is 4.79 Å². The number of amides is 1. The van der Waals surface area contributed by atoms with Crippen LogP contribution in [0.4, 0.5) is 0 Å². The molecule has 1 amide bonds. The minimum atomic E-state index is 0.205. The van der Waals surface area contributed by atoms with Crippen molar-refractivity contribution >= 4 is 28.8 Å². The topological polar surface area (TPSA) is 60.2 Å². The number of morpholine rings is 1. The Bertz CT molecular complexity index is 751. The molecule has 0 unspecified atom stereocenters. The van der Waals surface area contributed by atoms with E-state index in [1.54, 1.807) is 11.8 Å². The molecule has 2 fully saturated rings. The number of nitrogens with zero attached hydrogens (tertiary/aromatic N) is 4. The Morgan fingerprint density at radius 3 is 2.85 bits per heavy atom. The molecule has 2 aromatic heterocycles. The minimum Gasteiger partial charge on any atom is -0.378 e. The molecule has 2 aliphatic rings. The quantitative estimate of drug-likeness (QED) is 0.805. The Balaban J connectivity index is 1.46. The standard InChI is InChI=1S/C19H26N4O2S/c24-18(22-9-11-25-12-10-22)14-26-13-17-21-16-7-4-8-20-19(16)23(17)15-5-2-1-3-6-15/h4,7-8,15H,1-3,5-6,9-14H2. The van der Waals surface area contributed by atoms with Crippen LogP contribution in [-0.4, -0.2) is 57.4 Å². The van der Waals surface area contributed by atoms with E-state index in [1.165, 1.54) is 32.1 Å². The number of hydrogen-bond acceptors (Lipinski definition) is 5. The van der Waals surface area contributed by atoms with Crippen LogP contribution in [0.1, 0.15) is 44.0 Å². The Morgan fingerprint density at radius 2 is 2.04 bits per heavy atom. The van der Waals surface area contributed by atoms with Crippen molar-refractivity contribution < 1.29 is 9.53 Å². The molecule has 0 atom stereocenters. The second kappa shape index (κ2) is 8.39. The van der Waals surface area contributed by atoms with Crippen LogP contribution in [0, 0.1) is 0 Å². The first-order chi connectivity index (χ1) is 12.8. The molecule has 4 rings (SSSR count). The van der Waals surface area contributed by atoms with Crippen molar-refractivity contribution in [1.29, 1.82) is 0 Å². The number of hydrogen-bond donors (Lipinski definition) is 0. The van der Waals surface area contributed by atoms with Gasteiger partial charge in [-0.3, -0.25) is 4.79 Å². The van der Waals surface area contributed by atoms with Crippen LogP contribution in [0.3, 0.4) is 0 Å². The minimum absolute atomic E-state index is 0.205. The summed E-state index contributed by atoms with van der Waals surface area (Å²) in [5, 5.41) is 0. The number of ether oxygens (including phenoxy) is 1. The van der Waals surface area contributed by atoms with Gasteiger partial charge in [0.25, 0.3) is 0 Å². The summed E-state index contributed by atoms with van der Waals surface area (Å²) in [7, 11) is 0. The molecule has 0 aromatic carbocycles. The molecule has 0 radical (unpaired) electrons. The highest BCUT2D eigenvalue weighted by Gasteiger charge is 2.23. The highest BCUT2D eigenvalue weighted by Crippen LogP contribution is 2.32. The number of aromatic nitrogens is 3. The van der Waals surface area contributed by atoms with Crippen molar-refractivity contribution in [1.82, 2.24) is 19.4 Å². The van der Waals surface area contributed by atoms with E-state index in [4.69, 9.17) is 9.72 Å². The number of rotatable bonds is 5. The van der Waals surface area contributed by atoms with Gasteiger partial charge in [-0.15, -0.1) is 11.8 Å². The predicted molar refractivity (Wildman–Crippen MR) is 103 cm³/mol. The molecule has 1 aliphatic carbocycles.